The number of carbonyl (C=O) groups is 2. The minimum atomic E-state index is -1.06. The number of nitrogens with two attached hydrogens (primary N) is 1. The van der Waals surface area contributed by atoms with Gasteiger partial charge < -0.3 is 10.0 Å². The zero-order chi connectivity index (χ0) is 12.1. The van der Waals surface area contributed by atoms with Gasteiger partial charge in [-0.3, -0.25) is 4.79 Å². The molecule has 84 valence electrons. The van der Waals surface area contributed by atoms with Crippen molar-refractivity contribution in [2.45, 2.75) is 0 Å². The summed E-state index contributed by atoms with van der Waals surface area (Å²) in [6.45, 7) is 0. The summed E-state index contributed by atoms with van der Waals surface area (Å²) in [5.74, 6) is -1.63. The molecule has 0 aliphatic rings. The van der Waals surface area contributed by atoms with Gasteiger partial charge in [-0.25, -0.2) is 4.79 Å². The Morgan fingerprint density at radius 1 is 1.19 bits per heavy atom. The van der Waals surface area contributed by atoms with Crippen molar-refractivity contribution in [1.82, 2.24) is 0 Å². The summed E-state index contributed by atoms with van der Waals surface area (Å²) >= 11 is 10.4. The molecule has 0 bridgehead atoms. The smallest absolute Gasteiger partial charge is 0.373 e. The second kappa shape index (κ2) is 5.53. The lowest BCUT2D eigenvalue weighted by Crippen LogP contribution is -2.16. The Morgan fingerprint density at radius 3 is 2.25 bits per heavy atom. The van der Waals surface area contributed by atoms with Gasteiger partial charge in [-0.2, -0.15) is 0 Å². The van der Waals surface area contributed by atoms with Crippen LogP contribution in [-0.2, 0) is 9.08 Å². The highest BCUT2D eigenvalue weighted by atomic mass is 35.5. The second-order valence-electron chi connectivity index (χ2n) is 2.79. The fourth-order valence-corrected chi connectivity index (χ4v) is 1.24. The molecule has 1 aromatic carbocycles. The van der Waals surface area contributed by atoms with Crippen LogP contribution in [0.1, 0.15) is 10.4 Å². The van der Waals surface area contributed by atoms with Gasteiger partial charge in [0.25, 0.3) is 0 Å². The molecular weight excluding hydrogens is 253 g/mol. The minimum Gasteiger partial charge on any atom is -0.391 e. The highest BCUT2D eigenvalue weighted by molar-refractivity contribution is 6.47. The fraction of sp³-hybridized carbons (Fsp3) is 0. The summed E-state index contributed by atoms with van der Waals surface area (Å²) < 4.78 is 3.83. The van der Waals surface area contributed by atoms with Crippen molar-refractivity contribution in [2.24, 2.45) is 5.73 Å². The predicted molar refractivity (Wildman–Crippen MR) is 59.8 cm³/mol. The van der Waals surface area contributed by atoms with Crippen LogP contribution in [0.2, 0.25) is 0 Å². The number of benzene rings is 1. The highest BCUT2D eigenvalue weighted by Crippen LogP contribution is 2.15. The van der Waals surface area contributed by atoms with Crippen LogP contribution >= 0.6 is 23.5 Å². The van der Waals surface area contributed by atoms with Crippen LogP contribution in [0.15, 0.2) is 41.1 Å². The molecule has 0 unspecified atom stereocenters. The van der Waals surface area contributed by atoms with Crippen molar-refractivity contribution >= 4 is 35.2 Å². The normalized spacial score (nSPS) is 11.6. The Balaban J connectivity index is 3.03. The molecule has 1 rings (SSSR count). The van der Waals surface area contributed by atoms with Gasteiger partial charge in [0.05, 0.1) is 0 Å². The summed E-state index contributed by atoms with van der Waals surface area (Å²) in [4.78, 5) is 22.6. The number of halogens is 2. The van der Waals surface area contributed by atoms with Gasteiger partial charge in [0.2, 0.25) is 5.78 Å². The van der Waals surface area contributed by atoms with Gasteiger partial charge in [0, 0.05) is 5.56 Å². The minimum absolute atomic E-state index is 0.317. The summed E-state index contributed by atoms with van der Waals surface area (Å²) in [6.07, 6.45) is 0. The van der Waals surface area contributed by atoms with Gasteiger partial charge in [0.1, 0.15) is 22.6 Å². The van der Waals surface area contributed by atoms with E-state index in [-0.39, 0.29) is 0 Å². The Morgan fingerprint density at radius 2 is 1.75 bits per heavy atom. The number of hydrogen-bond acceptors (Lipinski definition) is 4. The van der Waals surface area contributed by atoms with Gasteiger partial charge in [-0.15, -0.1) is 0 Å². The quantitative estimate of drug-likeness (QED) is 0.666. The average Bonchev–Trinajstić information content (AvgIpc) is 2.36. The first kappa shape index (κ1) is 12.5. The zero-order valence-corrected chi connectivity index (χ0v) is 9.46. The molecule has 0 aliphatic carbocycles. The maximum Gasteiger partial charge on any atom is 0.373 e. The third kappa shape index (κ3) is 2.74. The summed E-state index contributed by atoms with van der Waals surface area (Å²) in [5.41, 5.74) is 5.07. The first-order valence-corrected chi connectivity index (χ1v) is 4.84. The van der Waals surface area contributed by atoms with Gasteiger partial charge >= 0.3 is 5.97 Å². The van der Waals surface area contributed by atoms with E-state index in [0.29, 0.717) is 5.56 Å². The average molecular weight is 260 g/mol. The first-order chi connectivity index (χ1) is 7.57. The van der Waals surface area contributed by atoms with Crippen molar-refractivity contribution in [1.29, 1.82) is 0 Å². The van der Waals surface area contributed by atoms with Crippen molar-refractivity contribution in [3.8, 4) is 0 Å². The summed E-state index contributed by atoms with van der Waals surface area (Å²) in [6, 6.07) is 8.15. The predicted octanol–water partition coefficient (Wildman–Crippen LogP) is 1.98. The van der Waals surface area contributed by atoms with Crippen molar-refractivity contribution in [3.05, 3.63) is 46.6 Å². The lowest BCUT2D eigenvalue weighted by Gasteiger charge is -2.02. The highest BCUT2D eigenvalue weighted by Gasteiger charge is 2.19. The molecule has 2 N–H and O–H groups in total. The molecule has 0 amide bonds. The van der Waals surface area contributed by atoms with E-state index in [2.05, 4.69) is 4.29 Å². The van der Waals surface area contributed by atoms with E-state index >= 15 is 0 Å². The Bertz CT molecular complexity index is 443. The number of Topliss-reactive ketones (excluding diaryl/α,β-unsaturated/α-hetero) is 1. The Hall–Kier alpha value is -1.52. The van der Waals surface area contributed by atoms with Crippen LogP contribution in [0.3, 0.4) is 0 Å². The van der Waals surface area contributed by atoms with Crippen molar-refractivity contribution in [2.75, 3.05) is 0 Å². The Kier molecular flexibility index (Phi) is 4.34. The fourth-order valence-electron chi connectivity index (χ4n) is 0.970. The molecule has 16 heavy (non-hydrogen) atoms. The summed E-state index contributed by atoms with van der Waals surface area (Å²) in [7, 11) is 0. The largest absolute Gasteiger partial charge is 0.391 e. The maximum absolute atomic E-state index is 11.7. The van der Waals surface area contributed by atoms with Crippen LogP contribution in [0.4, 0.5) is 0 Å². The third-order valence-electron chi connectivity index (χ3n) is 1.76. The van der Waals surface area contributed by atoms with Crippen LogP contribution < -0.4 is 5.73 Å². The molecule has 4 nitrogen and oxygen atoms in total. The topological polar surface area (TPSA) is 69.4 Å². The van der Waals surface area contributed by atoms with E-state index in [1.165, 1.54) is 0 Å². The van der Waals surface area contributed by atoms with Gasteiger partial charge in [-0.1, -0.05) is 41.9 Å². The molecule has 0 atom stereocenters. The van der Waals surface area contributed by atoms with Gasteiger partial charge in [-0.05, 0) is 0 Å². The van der Waals surface area contributed by atoms with E-state index in [0.717, 1.165) is 0 Å². The number of ketones is 1. The monoisotopic (exact) mass is 259 g/mol. The SMILES string of the molecule is NC(C(=O)OCl)=C(Cl)C(=O)c1ccccc1. The van der Waals surface area contributed by atoms with E-state index in [1.54, 1.807) is 30.3 Å². The first-order valence-electron chi connectivity index (χ1n) is 4.16. The van der Waals surface area contributed by atoms with Crippen LogP contribution in [-0.4, -0.2) is 11.8 Å². The molecule has 0 saturated heterocycles. The number of carbonyl (C=O) groups excluding carboxylic acids is 2. The molecule has 0 spiro atoms. The molecule has 6 heteroatoms. The van der Waals surface area contributed by atoms with Gasteiger partial charge in [0.15, 0.2) is 0 Å². The molecule has 0 radical (unpaired) electrons. The molecule has 0 aliphatic heterocycles. The number of rotatable bonds is 3. The Labute approximate surface area is 102 Å². The molecule has 0 saturated carbocycles. The van der Waals surface area contributed by atoms with E-state index < -0.39 is 22.5 Å². The molecule has 1 aromatic rings. The lowest BCUT2D eigenvalue weighted by molar-refractivity contribution is -0.129. The standard InChI is InChI=1S/C10H7Cl2NO3/c11-7(8(13)10(15)16-12)9(14)6-4-2-1-3-5-6/h1-5H,13H2. The van der Waals surface area contributed by atoms with E-state index in [1.807, 2.05) is 0 Å². The zero-order valence-electron chi connectivity index (χ0n) is 7.94. The molecular formula is C10H7Cl2NO3. The number of hydrogen-bond donors (Lipinski definition) is 1. The third-order valence-corrected chi connectivity index (χ3v) is 2.28. The van der Waals surface area contributed by atoms with Crippen molar-refractivity contribution < 1.29 is 13.9 Å². The lowest BCUT2D eigenvalue weighted by atomic mass is 10.1. The molecule has 0 fully saturated rings. The second-order valence-corrected chi connectivity index (χ2v) is 3.32. The molecule has 0 heterocycles. The van der Waals surface area contributed by atoms with Crippen LogP contribution in [0, 0.1) is 0 Å². The number of allylic oxidation sites excluding steroid dienone is 1. The van der Waals surface area contributed by atoms with Crippen LogP contribution in [0.25, 0.3) is 0 Å². The summed E-state index contributed by atoms with van der Waals surface area (Å²) in [5, 5.41) is -0.420. The van der Waals surface area contributed by atoms with Crippen molar-refractivity contribution in [3.63, 3.8) is 0 Å². The van der Waals surface area contributed by atoms with E-state index in [9.17, 15) is 9.59 Å². The molecule has 0 aromatic heterocycles. The van der Waals surface area contributed by atoms with E-state index in [4.69, 9.17) is 29.2 Å². The maximum atomic E-state index is 11.7. The van der Waals surface area contributed by atoms with Crippen LogP contribution in [0.5, 0.6) is 0 Å².